The Kier molecular flexibility index (Phi) is 3.06. The molecule has 0 rings (SSSR count). The van der Waals surface area contributed by atoms with Gasteiger partial charge in [-0.25, -0.2) is 4.79 Å². The number of hydrogen-bond acceptors (Lipinski definition) is 2. The summed E-state index contributed by atoms with van der Waals surface area (Å²) in [5, 5.41) is 16.0. The molecular weight excluding hydrogens is 165 g/mol. The molecule has 0 saturated heterocycles. The van der Waals surface area contributed by atoms with Gasteiger partial charge in [0.2, 0.25) is 0 Å². The zero-order valence-electron chi connectivity index (χ0n) is 5.17. The minimum Gasteiger partial charge on any atom is -0.478 e. The molecule has 0 heterocycles. The Labute approximate surface area is 59.8 Å². The summed E-state index contributed by atoms with van der Waals surface area (Å²) < 4.78 is 34.2. The van der Waals surface area contributed by atoms with E-state index in [1.165, 1.54) is 0 Å². The molecule has 0 amide bonds. The van der Waals surface area contributed by atoms with Crippen LogP contribution >= 0.6 is 0 Å². The van der Waals surface area contributed by atoms with Gasteiger partial charge in [-0.05, 0) is 6.08 Å². The molecule has 0 aromatic rings. The number of halogens is 3. The molecule has 1 unspecified atom stereocenters. The van der Waals surface area contributed by atoms with Crippen molar-refractivity contribution in [2.75, 3.05) is 0 Å². The fraction of sp³-hybridized carbons (Fsp3) is 0.400. The van der Waals surface area contributed by atoms with Crippen molar-refractivity contribution in [2.45, 2.75) is 12.3 Å². The molecule has 11 heavy (non-hydrogen) atoms. The van der Waals surface area contributed by atoms with Crippen LogP contribution in [0.1, 0.15) is 0 Å². The van der Waals surface area contributed by atoms with Crippen LogP contribution in [0, 0.1) is 0 Å². The number of aliphatic carboxylic acids is 1. The largest absolute Gasteiger partial charge is 0.478 e. The molecule has 0 radical (unpaired) electrons. The molecule has 64 valence electrons. The number of carboxylic acid groups (broad SMARTS) is 1. The second kappa shape index (κ2) is 3.38. The Balaban J connectivity index is 4.07. The summed E-state index contributed by atoms with van der Waals surface area (Å²) in [4.78, 5) is 9.67. The smallest absolute Gasteiger partial charge is 0.417 e. The van der Waals surface area contributed by atoms with E-state index in [-0.39, 0.29) is 12.2 Å². The average Bonchev–Trinajstić information content (AvgIpc) is 1.80. The maximum atomic E-state index is 11.4. The van der Waals surface area contributed by atoms with E-state index < -0.39 is 18.2 Å². The SMILES string of the molecule is O=C(O)/C=C/C(O)C(F)(F)F. The van der Waals surface area contributed by atoms with Gasteiger partial charge in [-0.3, -0.25) is 0 Å². The van der Waals surface area contributed by atoms with E-state index in [1.807, 2.05) is 0 Å². The van der Waals surface area contributed by atoms with Crippen LogP contribution in [0.2, 0.25) is 0 Å². The van der Waals surface area contributed by atoms with Crippen LogP contribution in [0.4, 0.5) is 13.2 Å². The monoisotopic (exact) mass is 170 g/mol. The first-order valence-electron chi connectivity index (χ1n) is 2.50. The van der Waals surface area contributed by atoms with E-state index in [4.69, 9.17) is 10.2 Å². The molecule has 3 nitrogen and oxygen atoms in total. The van der Waals surface area contributed by atoms with Gasteiger partial charge in [0, 0.05) is 6.08 Å². The molecule has 0 aliphatic carbocycles. The van der Waals surface area contributed by atoms with Crippen LogP contribution in [0.5, 0.6) is 0 Å². The van der Waals surface area contributed by atoms with Crippen molar-refractivity contribution in [3.05, 3.63) is 12.2 Å². The average molecular weight is 170 g/mol. The summed E-state index contributed by atoms with van der Waals surface area (Å²) in [5.74, 6) is -1.53. The summed E-state index contributed by atoms with van der Waals surface area (Å²) in [6.07, 6.45) is -7.12. The molecule has 1 atom stereocenters. The predicted octanol–water partition coefficient (Wildman–Crippen LogP) is 0.550. The van der Waals surface area contributed by atoms with Gasteiger partial charge in [0.1, 0.15) is 0 Å². The maximum Gasteiger partial charge on any atom is 0.417 e. The highest BCUT2D eigenvalue weighted by Crippen LogP contribution is 2.20. The van der Waals surface area contributed by atoms with E-state index in [1.54, 1.807) is 0 Å². The van der Waals surface area contributed by atoms with Gasteiger partial charge in [0.15, 0.2) is 6.10 Å². The Bertz CT molecular complexity index is 172. The van der Waals surface area contributed by atoms with Crippen LogP contribution in [0.3, 0.4) is 0 Å². The molecule has 0 saturated carbocycles. The van der Waals surface area contributed by atoms with Gasteiger partial charge in [-0.2, -0.15) is 13.2 Å². The van der Waals surface area contributed by atoms with Crippen molar-refractivity contribution < 1.29 is 28.2 Å². The highest BCUT2D eigenvalue weighted by molar-refractivity contribution is 5.79. The lowest BCUT2D eigenvalue weighted by Crippen LogP contribution is -2.26. The summed E-state index contributed by atoms with van der Waals surface area (Å²) in [6, 6.07) is 0. The first kappa shape index (κ1) is 9.96. The Morgan fingerprint density at radius 1 is 1.45 bits per heavy atom. The fourth-order valence-electron chi connectivity index (χ4n) is 0.283. The fourth-order valence-corrected chi connectivity index (χ4v) is 0.283. The molecule has 0 aromatic carbocycles. The standard InChI is InChI=1S/C5H5F3O3/c6-5(7,8)3(9)1-2-4(10)11/h1-3,9H,(H,10,11)/b2-1+. The number of aliphatic hydroxyl groups excluding tert-OH is 1. The number of alkyl halides is 3. The molecular formula is C5H5F3O3. The van der Waals surface area contributed by atoms with Crippen LogP contribution in [-0.2, 0) is 4.79 Å². The van der Waals surface area contributed by atoms with Crippen molar-refractivity contribution in [1.82, 2.24) is 0 Å². The summed E-state index contributed by atoms with van der Waals surface area (Å²) in [6.45, 7) is 0. The molecule has 0 fully saturated rings. The van der Waals surface area contributed by atoms with E-state index >= 15 is 0 Å². The second-order valence-corrected chi connectivity index (χ2v) is 1.68. The highest BCUT2D eigenvalue weighted by Gasteiger charge is 2.36. The first-order valence-corrected chi connectivity index (χ1v) is 2.50. The molecule has 0 aromatic heterocycles. The van der Waals surface area contributed by atoms with Crippen molar-refractivity contribution in [3.8, 4) is 0 Å². The maximum absolute atomic E-state index is 11.4. The zero-order chi connectivity index (χ0) is 9.07. The lowest BCUT2D eigenvalue weighted by atomic mass is 10.3. The third kappa shape index (κ3) is 4.38. The van der Waals surface area contributed by atoms with Gasteiger partial charge < -0.3 is 10.2 Å². The summed E-state index contributed by atoms with van der Waals surface area (Å²) >= 11 is 0. The van der Waals surface area contributed by atoms with Gasteiger partial charge in [0.25, 0.3) is 0 Å². The third-order valence-corrected chi connectivity index (χ3v) is 0.756. The van der Waals surface area contributed by atoms with Crippen molar-refractivity contribution in [1.29, 1.82) is 0 Å². The van der Waals surface area contributed by atoms with E-state index in [0.717, 1.165) is 0 Å². The second-order valence-electron chi connectivity index (χ2n) is 1.68. The zero-order valence-corrected chi connectivity index (χ0v) is 5.17. The number of carbonyl (C=O) groups is 1. The van der Waals surface area contributed by atoms with Gasteiger partial charge in [-0.1, -0.05) is 0 Å². The Morgan fingerprint density at radius 2 is 1.91 bits per heavy atom. The molecule has 6 heteroatoms. The van der Waals surface area contributed by atoms with Gasteiger partial charge in [-0.15, -0.1) is 0 Å². The highest BCUT2D eigenvalue weighted by atomic mass is 19.4. The predicted molar refractivity (Wildman–Crippen MR) is 28.8 cm³/mol. The minimum absolute atomic E-state index is 0.155. The van der Waals surface area contributed by atoms with E-state index in [9.17, 15) is 18.0 Å². The molecule has 0 spiro atoms. The number of rotatable bonds is 2. The van der Waals surface area contributed by atoms with Crippen LogP contribution in [0.25, 0.3) is 0 Å². The van der Waals surface area contributed by atoms with Gasteiger partial charge in [0.05, 0.1) is 0 Å². The number of aliphatic hydroxyl groups is 1. The Hall–Kier alpha value is -1.04. The van der Waals surface area contributed by atoms with Crippen LogP contribution in [0.15, 0.2) is 12.2 Å². The van der Waals surface area contributed by atoms with E-state index in [2.05, 4.69) is 0 Å². The third-order valence-electron chi connectivity index (χ3n) is 0.756. The summed E-state index contributed by atoms with van der Waals surface area (Å²) in [5.41, 5.74) is 0. The molecule has 0 bridgehead atoms. The molecule has 0 aliphatic rings. The topological polar surface area (TPSA) is 57.5 Å². The van der Waals surface area contributed by atoms with Crippen LogP contribution < -0.4 is 0 Å². The van der Waals surface area contributed by atoms with Crippen molar-refractivity contribution >= 4 is 5.97 Å². The van der Waals surface area contributed by atoms with Crippen molar-refractivity contribution in [2.24, 2.45) is 0 Å². The quantitative estimate of drug-likeness (QED) is 0.595. The number of hydrogen-bond donors (Lipinski definition) is 2. The van der Waals surface area contributed by atoms with Crippen LogP contribution in [-0.4, -0.2) is 28.5 Å². The van der Waals surface area contributed by atoms with Gasteiger partial charge >= 0.3 is 12.1 Å². The Morgan fingerprint density at radius 3 is 2.18 bits per heavy atom. The number of carboxylic acids is 1. The minimum atomic E-state index is -4.80. The van der Waals surface area contributed by atoms with E-state index in [0.29, 0.717) is 0 Å². The molecule has 2 N–H and O–H groups in total. The normalized spacial score (nSPS) is 15.3. The lowest BCUT2D eigenvalue weighted by molar-refractivity contribution is -0.187. The lowest BCUT2D eigenvalue weighted by Gasteiger charge is -2.08. The molecule has 0 aliphatic heterocycles. The summed E-state index contributed by atoms with van der Waals surface area (Å²) in [7, 11) is 0. The first-order chi connectivity index (χ1) is 4.84. The van der Waals surface area contributed by atoms with Crippen molar-refractivity contribution in [3.63, 3.8) is 0 Å².